The Balaban J connectivity index is 1.51. The minimum absolute atomic E-state index is 0.692. The Morgan fingerprint density at radius 3 is 2.73 bits per heavy atom. The number of nitrogens with zero attached hydrogens (tertiary/aromatic N) is 3. The summed E-state index contributed by atoms with van der Waals surface area (Å²) in [6, 6.07) is 18.5. The van der Waals surface area contributed by atoms with Crippen LogP contribution in [-0.4, -0.2) is 16.4 Å². The van der Waals surface area contributed by atoms with Crippen molar-refractivity contribution in [2.75, 3.05) is 5.43 Å². The van der Waals surface area contributed by atoms with Crippen LogP contribution >= 0.6 is 0 Å². The Bertz CT molecular complexity index is 748. The molecule has 0 aliphatic rings. The second-order valence-corrected chi connectivity index (χ2v) is 5.08. The first-order valence-corrected chi connectivity index (χ1v) is 7.45. The van der Waals surface area contributed by atoms with E-state index in [2.05, 4.69) is 45.0 Å². The van der Waals surface area contributed by atoms with Crippen molar-refractivity contribution in [2.45, 2.75) is 19.3 Å². The summed E-state index contributed by atoms with van der Waals surface area (Å²) in [5.74, 6) is 0.692. The Kier molecular flexibility index (Phi) is 4.72. The molecule has 1 N–H and O–H groups in total. The number of hydrogen-bond donors (Lipinski definition) is 1. The predicted molar refractivity (Wildman–Crippen MR) is 91.0 cm³/mol. The lowest BCUT2D eigenvalue weighted by Gasteiger charge is -2.03. The number of aryl methyl sites for hydroxylation is 1. The minimum Gasteiger partial charge on any atom is -0.260 e. The minimum atomic E-state index is 0.692. The van der Waals surface area contributed by atoms with E-state index < -0.39 is 0 Å². The van der Waals surface area contributed by atoms with Crippen LogP contribution in [0.15, 0.2) is 65.9 Å². The van der Waals surface area contributed by atoms with Crippen molar-refractivity contribution < 1.29 is 0 Å². The molecule has 110 valence electrons. The zero-order valence-electron chi connectivity index (χ0n) is 12.3. The molecule has 3 rings (SSSR count). The molecule has 0 aliphatic carbocycles. The normalized spacial score (nSPS) is 11.1. The van der Waals surface area contributed by atoms with Gasteiger partial charge in [-0.1, -0.05) is 54.6 Å². The Morgan fingerprint density at radius 1 is 1.00 bits per heavy atom. The maximum atomic E-state index is 4.25. The van der Waals surface area contributed by atoms with E-state index in [0.717, 1.165) is 30.0 Å². The third-order valence-corrected chi connectivity index (χ3v) is 3.47. The van der Waals surface area contributed by atoms with Crippen LogP contribution in [0.25, 0.3) is 10.8 Å². The van der Waals surface area contributed by atoms with Gasteiger partial charge >= 0.3 is 0 Å². The molecular formula is C18H18N4. The number of unbranched alkanes of at least 4 members (excludes halogenated alkanes) is 1. The van der Waals surface area contributed by atoms with Crippen molar-refractivity contribution in [3.8, 4) is 0 Å². The highest BCUT2D eigenvalue weighted by molar-refractivity contribution is 5.90. The highest BCUT2D eigenvalue weighted by Gasteiger charge is 2.00. The van der Waals surface area contributed by atoms with Crippen LogP contribution in [0.4, 0.5) is 5.82 Å². The van der Waals surface area contributed by atoms with Crippen LogP contribution in [-0.2, 0) is 6.42 Å². The van der Waals surface area contributed by atoms with Crippen LogP contribution in [0.1, 0.15) is 18.4 Å². The molecule has 4 nitrogen and oxygen atoms in total. The van der Waals surface area contributed by atoms with Gasteiger partial charge in [0.05, 0.1) is 6.20 Å². The SMILES string of the molecule is C(/CCCc1ccccc1)=N\Nc1nncc2ccccc12. The van der Waals surface area contributed by atoms with Gasteiger partial charge in [-0.15, -0.1) is 5.10 Å². The van der Waals surface area contributed by atoms with Crippen molar-refractivity contribution in [3.05, 3.63) is 66.4 Å². The second-order valence-electron chi connectivity index (χ2n) is 5.08. The molecule has 0 unspecified atom stereocenters. The van der Waals surface area contributed by atoms with Gasteiger partial charge < -0.3 is 0 Å². The van der Waals surface area contributed by atoms with Gasteiger partial charge in [0.15, 0.2) is 5.82 Å². The first kappa shape index (κ1) is 14.2. The Hall–Kier alpha value is -2.75. The molecule has 2 aromatic carbocycles. The summed E-state index contributed by atoms with van der Waals surface area (Å²) in [6.07, 6.45) is 6.73. The average molecular weight is 290 g/mol. The van der Waals surface area contributed by atoms with E-state index in [1.54, 1.807) is 6.20 Å². The standard InChI is InChI=1S/C18H18N4/c1-2-8-15(9-3-1)10-6-7-13-19-21-18-17-12-5-4-11-16(17)14-20-22-18/h1-5,8-9,11-14H,6-7,10H2,(H,21,22)/b19-13+. The molecular weight excluding hydrogens is 272 g/mol. The van der Waals surface area contributed by atoms with Gasteiger partial charge in [-0.2, -0.15) is 10.2 Å². The van der Waals surface area contributed by atoms with Crippen LogP contribution in [0.2, 0.25) is 0 Å². The summed E-state index contributed by atoms with van der Waals surface area (Å²) >= 11 is 0. The quantitative estimate of drug-likeness (QED) is 0.423. The number of rotatable bonds is 6. The Morgan fingerprint density at radius 2 is 1.82 bits per heavy atom. The molecule has 0 bridgehead atoms. The van der Waals surface area contributed by atoms with Crippen molar-refractivity contribution in [1.29, 1.82) is 0 Å². The molecule has 1 heterocycles. The van der Waals surface area contributed by atoms with E-state index in [1.165, 1.54) is 5.56 Å². The van der Waals surface area contributed by atoms with Gasteiger partial charge in [-0.05, 0) is 24.8 Å². The average Bonchev–Trinajstić information content (AvgIpc) is 2.59. The molecule has 0 saturated carbocycles. The molecule has 0 aliphatic heterocycles. The molecule has 0 fully saturated rings. The smallest absolute Gasteiger partial charge is 0.176 e. The van der Waals surface area contributed by atoms with Crippen molar-refractivity contribution in [1.82, 2.24) is 10.2 Å². The fourth-order valence-electron chi connectivity index (χ4n) is 2.32. The van der Waals surface area contributed by atoms with E-state index in [0.29, 0.717) is 5.82 Å². The van der Waals surface area contributed by atoms with E-state index in [-0.39, 0.29) is 0 Å². The van der Waals surface area contributed by atoms with Gasteiger partial charge in [-0.25, -0.2) is 0 Å². The van der Waals surface area contributed by atoms with Crippen LogP contribution in [0, 0.1) is 0 Å². The van der Waals surface area contributed by atoms with Gasteiger partial charge in [0.25, 0.3) is 0 Å². The molecule has 4 heteroatoms. The molecule has 22 heavy (non-hydrogen) atoms. The van der Waals surface area contributed by atoms with Gasteiger partial charge in [0.2, 0.25) is 0 Å². The van der Waals surface area contributed by atoms with E-state index in [9.17, 15) is 0 Å². The largest absolute Gasteiger partial charge is 0.260 e. The van der Waals surface area contributed by atoms with Gasteiger partial charge in [0, 0.05) is 17.0 Å². The maximum Gasteiger partial charge on any atom is 0.176 e. The van der Waals surface area contributed by atoms with Crippen LogP contribution in [0.3, 0.4) is 0 Å². The van der Waals surface area contributed by atoms with Gasteiger partial charge in [-0.3, -0.25) is 5.43 Å². The van der Waals surface area contributed by atoms with Crippen molar-refractivity contribution in [2.24, 2.45) is 5.10 Å². The van der Waals surface area contributed by atoms with Crippen molar-refractivity contribution in [3.63, 3.8) is 0 Å². The second kappa shape index (κ2) is 7.31. The third-order valence-electron chi connectivity index (χ3n) is 3.47. The summed E-state index contributed by atoms with van der Waals surface area (Å²) in [7, 11) is 0. The monoisotopic (exact) mass is 290 g/mol. The predicted octanol–water partition coefficient (Wildman–Crippen LogP) is 4.05. The highest BCUT2D eigenvalue weighted by atomic mass is 15.3. The van der Waals surface area contributed by atoms with Crippen LogP contribution < -0.4 is 5.43 Å². The van der Waals surface area contributed by atoms with E-state index in [1.807, 2.05) is 36.5 Å². The molecule has 0 atom stereocenters. The van der Waals surface area contributed by atoms with Crippen molar-refractivity contribution >= 4 is 22.8 Å². The first-order valence-electron chi connectivity index (χ1n) is 7.45. The summed E-state index contributed by atoms with van der Waals surface area (Å²) in [5, 5.41) is 14.4. The number of nitrogens with one attached hydrogen (secondary N) is 1. The van der Waals surface area contributed by atoms with Gasteiger partial charge in [0.1, 0.15) is 0 Å². The first-order chi connectivity index (χ1) is 10.9. The summed E-state index contributed by atoms with van der Waals surface area (Å²) in [6.45, 7) is 0. The lowest BCUT2D eigenvalue weighted by Crippen LogP contribution is -1.96. The summed E-state index contributed by atoms with van der Waals surface area (Å²) in [5.41, 5.74) is 4.35. The zero-order valence-corrected chi connectivity index (χ0v) is 12.3. The third kappa shape index (κ3) is 3.67. The molecule has 0 spiro atoms. The summed E-state index contributed by atoms with van der Waals surface area (Å²) < 4.78 is 0. The van der Waals surface area contributed by atoms with Crippen LogP contribution in [0.5, 0.6) is 0 Å². The topological polar surface area (TPSA) is 50.2 Å². The molecule has 0 radical (unpaired) electrons. The lowest BCUT2D eigenvalue weighted by atomic mass is 10.1. The fourth-order valence-corrected chi connectivity index (χ4v) is 2.32. The number of fused-ring (bicyclic) bond motifs is 1. The highest BCUT2D eigenvalue weighted by Crippen LogP contribution is 2.18. The Labute approximate surface area is 129 Å². The molecule has 0 saturated heterocycles. The lowest BCUT2D eigenvalue weighted by molar-refractivity contribution is 0.872. The van der Waals surface area contributed by atoms with E-state index in [4.69, 9.17) is 0 Å². The number of anilines is 1. The van der Waals surface area contributed by atoms with E-state index >= 15 is 0 Å². The zero-order chi connectivity index (χ0) is 15.0. The fraction of sp³-hybridized carbons (Fsp3) is 0.167. The molecule has 1 aromatic heterocycles. The molecule has 0 amide bonds. The number of hydrazone groups is 1. The summed E-state index contributed by atoms with van der Waals surface area (Å²) in [4.78, 5) is 0. The molecule has 3 aromatic rings. The number of hydrogen-bond acceptors (Lipinski definition) is 4. The number of benzene rings is 2. The number of aromatic nitrogens is 2. The maximum absolute atomic E-state index is 4.25.